The van der Waals surface area contributed by atoms with Crippen LogP contribution in [0.3, 0.4) is 0 Å². The van der Waals surface area contributed by atoms with E-state index in [2.05, 4.69) is 43.8 Å². The molecule has 0 bridgehead atoms. The van der Waals surface area contributed by atoms with Gasteiger partial charge in [0, 0.05) is 12.5 Å². The van der Waals surface area contributed by atoms with Crippen molar-refractivity contribution in [3.05, 3.63) is 10.7 Å². The number of aromatic nitrogens is 2. The average molecular weight is 433 g/mol. The van der Waals surface area contributed by atoms with E-state index in [4.69, 9.17) is 25.5 Å². The maximum Gasteiger partial charge on any atom is 0.346 e. The number of ether oxygens (including phenoxy) is 2. The molecule has 1 fully saturated rings. The minimum Gasteiger partial charge on any atom is -0.473 e. The van der Waals surface area contributed by atoms with Crippen molar-refractivity contribution in [3.8, 4) is 5.88 Å². The lowest BCUT2D eigenvalue weighted by molar-refractivity contribution is 0.0590. The first kappa shape index (κ1) is 22.5. The first-order valence-electron chi connectivity index (χ1n) is 9.02. The number of esters is 1. The van der Waals surface area contributed by atoms with Crippen LogP contribution in [0, 0.1) is 0 Å². The van der Waals surface area contributed by atoms with E-state index in [1.165, 1.54) is 18.9 Å². The van der Waals surface area contributed by atoms with E-state index in [1.54, 1.807) is 0 Å². The van der Waals surface area contributed by atoms with Crippen molar-refractivity contribution in [2.75, 3.05) is 13.4 Å². The molecule has 2 unspecified atom stereocenters. The van der Waals surface area contributed by atoms with Gasteiger partial charge in [0.05, 0.1) is 7.11 Å². The van der Waals surface area contributed by atoms with Crippen LogP contribution in [0.2, 0.25) is 23.3 Å². The molecule has 0 amide bonds. The van der Waals surface area contributed by atoms with Gasteiger partial charge in [-0.25, -0.2) is 9.78 Å². The van der Waals surface area contributed by atoms with Crippen molar-refractivity contribution in [1.29, 1.82) is 0 Å². The Kier molecular flexibility index (Phi) is 7.21. The minimum atomic E-state index is -1.83. The summed E-state index contributed by atoms with van der Waals surface area (Å²) in [5, 5.41) is 0.662. The van der Waals surface area contributed by atoms with Crippen LogP contribution < -0.4 is 4.74 Å². The summed E-state index contributed by atoms with van der Waals surface area (Å²) in [7, 11) is -0.534. The third kappa shape index (κ3) is 5.37. The molecule has 152 valence electrons. The Morgan fingerprint density at radius 2 is 1.85 bits per heavy atom. The summed E-state index contributed by atoms with van der Waals surface area (Å²) in [4.78, 5) is 20.5. The third-order valence-electron chi connectivity index (χ3n) is 5.27. The quantitative estimate of drug-likeness (QED) is 0.207. The molecule has 27 heavy (non-hydrogen) atoms. The van der Waals surface area contributed by atoms with Crippen molar-refractivity contribution in [1.82, 2.24) is 9.97 Å². The second-order valence-corrected chi connectivity index (χ2v) is 14.1. The normalized spacial score (nSPS) is 20.6. The number of carbonyl (C=O) groups is 1. The average Bonchev–Trinajstić information content (AvgIpc) is 2.99. The molecule has 0 saturated heterocycles. The standard InChI is InChI=1S/C18H29ClN2O4SSi/c1-18(2,3)27(6,7)25-12-9-8-11(10-12)24-15-13(16(22)23-4)14(19)20-17(21-15)26-5/h11-12H,8-10H2,1-7H3. The van der Waals surface area contributed by atoms with Gasteiger partial charge in [-0.1, -0.05) is 44.1 Å². The fourth-order valence-electron chi connectivity index (χ4n) is 2.71. The fourth-order valence-corrected chi connectivity index (χ4v) is 4.76. The predicted octanol–water partition coefficient (Wildman–Crippen LogP) is 4.96. The second-order valence-electron chi connectivity index (χ2n) is 8.23. The number of thioether (sulfide) groups is 1. The summed E-state index contributed by atoms with van der Waals surface area (Å²) < 4.78 is 17.4. The van der Waals surface area contributed by atoms with Crippen LogP contribution in [0.5, 0.6) is 5.88 Å². The Bertz CT molecular complexity index is 697. The van der Waals surface area contributed by atoms with Crippen LogP contribution in [-0.2, 0) is 9.16 Å². The predicted molar refractivity (Wildman–Crippen MR) is 110 cm³/mol. The van der Waals surface area contributed by atoms with Gasteiger partial charge in [0.15, 0.2) is 24.2 Å². The summed E-state index contributed by atoms with van der Waals surface area (Å²) in [6, 6.07) is 0. The number of rotatable bonds is 6. The van der Waals surface area contributed by atoms with Gasteiger partial charge in [0.25, 0.3) is 0 Å². The van der Waals surface area contributed by atoms with Crippen molar-refractivity contribution in [2.24, 2.45) is 0 Å². The molecule has 1 saturated carbocycles. The summed E-state index contributed by atoms with van der Waals surface area (Å²) >= 11 is 7.51. The summed E-state index contributed by atoms with van der Waals surface area (Å²) in [6.07, 6.45) is 4.46. The SMILES string of the molecule is COC(=O)c1c(Cl)nc(SC)nc1OC1CCC(O[Si](C)(C)C(C)(C)C)C1. The lowest BCUT2D eigenvalue weighted by Crippen LogP contribution is -2.43. The number of nitrogens with zero attached hydrogens (tertiary/aromatic N) is 2. The number of carbonyl (C=O) groups excluding carboxylic acids is 1. The van der Waals surface area contributed by atoms with Gasteiger partial charge in [0.1, 0.15) is 6.10 Å². The smallest absolute Gasteiger partial charge is 0.346 e. The molecule has 0 spiro atoms. The topological polar surface area (TPSA) is 70.5 Å². The zero-order valence-corrected chi connectivity index (χ0v) is 19.7. The van der Waals surface area contributed by atoms with Gasteiger partial charge in [-0.2, -0.15) is 4.98 Å². The number of halogens is 1. The largest absolute Gasteiger partial charge is 0.473 e. The van der Waals surface area contributed by atoms with E-state index in [1.807, 2.05) is 6.26 Å². The highest BCUT2D eigenvalue weighted by molar-refractivity contribution is 7.98. The van der Waals surface area contributed by atoms with Crippen LogP contribution in [0.1, 0.15) is 50.4 Å². The van der Waals surface area contributed by atoms with E-state index < -0.39 is 14.3 Å². The van der Waals surface area contributed by atoms with Gasteiger partial charge in [-0.05, 0) is 37.2 Å². The molecule has 0 radical (unpaired) electrons. The molecule has 0 aromatic carbocycles. The summed E-state index contributed by atoms with van der Waals surface area (Å²) in [6.45, 7) is 11.2. The zero-order valence-electron chi connectivity index (χ0n) is 17.1. The molecular weight excluding hydrogens is 404 g/mol. The molecule has 2 atom stereocenters. The van der Waals surface area contributed by atoms with Crippen molar-refractivity contribution in [2.45, 2.75) is 75.5 Å². The summed E-state index contributed by atoms with van der Waals surface area (Å²) in [5.74, 6) is -0.418. The highest BCUT2D eigenvalue weighted by atomic mass is 35.5. The molecule has 6 nitrogen and oxygen atoms in total. The molecular formula is C18H29ClN2O4SSi. The molecule has 1 heterocycles. The Balaban J connectivity index is 2.14. The maximum atomic E-state index is 12.1. The van der Waals surface area contributed by atoms with Gasteiger partial charge in [-0.3, -0.25) is 0 Å². The Morgan fingerprint density at radius 1 is 1.22 bits per heavy atom. The van der Waals surface area contributed by atoms with E-state index in [9.17, 15) is 4.79 Å². The molecule has 9 heteroatoms. The number of hydrogen-bond acceptors (Lipinski definition) is 7. The van der Waals surface area contributed by atoms with E-state index in [0.717, 1.165) is 19.3 Å². The van der Waals surface area contributed by atoms with Gasteiger partial charge < -0.3 is 13.9 Å². The van der Waals surface area contributed by atoms with E-state index in [0.29, 0.717) is 5.16 Å². The molecule has 1 aliphatic carbocycles. The van der Waals surface area contributed by atoms with Crippen molar-refractivity contribution in [3.63, 3.8) is 0 Å². The van der Waals surface area contributed by atoms with Gasteiger partial charge in [-0.15, -0.1) is 0 Å². The molecule has 2 rings (SSSR count). The van der Waals surface area contributed by atoms with Crippen LogP contribution in [0.25, 0.3) is 0 Å². The molecule has 0 N–H and O–H groups in total. The number of hydrogen-bond donors (Lipinski definition) is 0. The van der Waals surface area contributed by atoms with Crippen molar-refractivity contribution < 1.29 is 18.7 Å². The minimum absolute atomic E-state index is 0.0447. The third-order valence-corrected chi connectivity index (χ3v) is 10.6. The summed E-state index contributed by atoms with van der Waals surface area (Å²) in [5.41, 5.74) is 0.0748. The Hall–Kier alpha value is -0.833. The highest BCUT2D eigenvalue weighted by Gasteiger charge is 2.41. The van der Waals surface area contributed by atoms with Crippen LogP contribution in [-0.4, -0.2) is 49.8 Å². The van der Waals surface area contributed by atoms with Crippen LogP contribution in [0.15, 0.2) is 5.16 Å². The zero-order chi connectivity index (χ0) is 20.4. The molecule has 1 aromatic heterocycles. The van der Waals surface area contributed by atoms with E-state index in [-0.39, 0.29) is 33.8 Å². The van der Waals surface area contributed by atoms with Crippen LogP contribution >= 0.6 is 23.4 Å². The van der Waals surface area contributed by atoms with Gasteiger partial charge in [0.2, 0.25) is 5.88 Å². The van der Waals surface area contributed by atoms with E-state index >= 15 is 0 Å². The Labute approximate surface area is 171 Å². The Morgan fingerprint density at radius 3 is 2.41 bits per heavy atom. The first-order chi connectivity index (χ1) is 12.5. The number of methoxy groups -OCH3 is 1. The van der Waals surface area contributed by atoms with Crippen LogP contribution in [0.4, 0.5) is 0 Å². The lowest BCUT2D eigenvalue weighted by Gasteiger charge is -2.38. The molecule has 0 aliphatic heterocycles. The molecule has 1 aliphatic rings. The lowest BCUT2D eigenvalue weighted by atomic mass is 10.2. The van der Waals surface area contributed by atoms with Gasteiger partial charge >= 0.3 is 5.97 Å². The molecule has 1 aromatic rings. The second kappa shape index (κ2) is 8.67. The van der Waals surface area contributed by atoms with Crippen molar-refractivity contribution >= 4 is 37.6 Å². The fraction of sp³-hybridized carbons (Fsp3) is 0.722. The first-order valence-corrected chi connectivity index (χ1v) is 13.5. The highest BCUT2D eigenvalue weighted by Crippen LogP contribution is 2.40. The maximum absolute atomic E-state index is 12.1. The monoisotopic (exact) mass is 432 g/mol.